The fourth-order valence-electron chi connectivity index (χ4n) is 5.39. The molecule has 3 rings (SSSR count). The first-order valence-corrected chi connectivity index (χ1v) is 17.1. The first kappa shape index (κ1) is 40.1. The molecule has 2 aromatic rings. The molecule has 50 heavy (non-hydrogen) atoms. The number of likely N-dealkylation sites (tertiary alicyclic amines) is 1. The minimum Gasteiger partial charge on any atom is -0.497 e. The number of piperidine rings is 1. The van der Waals surface area contributed by atoms with E-state index in [0.717, 1.165) is 24.0 Å². The second-order valence-corrected chi connectivity index (χ2v) is 12.9. The Labute approximate surface area is 295 Å². The van der Waals surface area contributed by atoms with Crippen molar-refractivity contribution in [1.29, 1.82) is 0 Å². The van der Waals surface area contributed by atoms with E-state index in [2.05, 4.69) is 10.1 Å². The quantitative estimate of drug-likeness (QED) is 0.174. The average Bonchev–Trinajstić information content (AvgIpc) is 3.10. The van der Waals surface area contributed by atoms with Gasteiger partial charge in [0.1, 0.15) is 23.6 Å². The molecule has 0 radical (unpaired) electrons. The van der Waals surface area contributed by atoms with Crippen molar-refractivity contribution in [1.82, 2.24) is 15.1 Å². The van der Waals surface area contributed by atoms with Gasteiger partial charge in [0.15, 0.2) is 0 Å². The summed E-state index contributed by atoms with van der Waals surface area (Å²) in [7, 11) is 2.90. The minimum atomic E-state index is -0.746. The highest BCUT2D eigenvalue weighted by molar-refractivity contribution is 5.94. The van der Waals surface area contributed by atoms with Crippen molar-refractivity contribution in [2.45, 2.75) is 65.0 Å². The van der Waals surface area contributed by atoms with Gasteiger partial charge in [0, 0.05) is 42.7 Å². The molecule has 1 atom stereocenters. The Morgan fingerprint density at radius 1 is 0.980 bits per heavy atom. The van der Waals surface area contributed by atoms with Gasteiger partial charge in [-0.15, -0.1) is 0 Å². The topological polar surface area (TPSA) is 142 Å². The first-order valence-electron chi connectivity index (χ1n) is 17.1. The molecule has 2 aromatic carbocycles. The molecule has 1 aliphatic heterocycles. The Morgan fingerprint density at radius 2 is 1.74 bits per heavy atom. The molecule has 1 saturated heterocycles. The Bertz CT molecular complexity index is 1410. The lowest BCUT2D eigenvalue weighted by Gasteiger charge is -2.35. The maximum absolute atomic E-state index is 13.7. The lowest BCUT2D eigenvalue weighted by molar-refractivity contribution is -0.142. The molecule has 3 amide bonds. The summed E-state index contributed by atoms with van der Waals surface area (Å²) in [5, 5.41) is 2.87. The molecule has 1 fully saturated rings. The predicted molar refractivity (Wildman–Crippen MR) is 186 cm³/mol. The molecule has 1 heterocycles. The summed E-state index contributed by atoms with van der Waals surface area (Å²) in [5.74, 6) is 0.498. The van der Waals surface area contributed by atoms with Crippen LogP contribution in [0.1, 0.15) is 74.4 Å². The molecule has 1 unspecified atom stereocenters. The van der Waals surface area contributed by atoms with Crippen LogP contribution in [0.3, 0.4) is 0 Å². The van der Waals surface area contributed by atoms with Crippen LogP contribution in [0, 0.1) is 0 Å². The van der Waals surface area contributed by atoms with Gasteiger partial charge in [-0.1, -0.05) is 12.1 Å². The lowest BCUT2D eigenvalue weighted by atomic mass is 9.89. The number of nitrogens with zero attached hydrogens (tertiary/aromatic N) is 2. The zero-order chi connectivity index (χ0) is 36.5. The van der Waals surface area contributed by atoms with Crippen LogP contribution in [-0.4, -0.2) is 113 Å². The number of benzene rings is 2. The third kappa shape index (κ3) is 13.5. The van der Waals surface area contributed by atoms with Gasteiger partial charge in [-0.05, 0) is 70.4 Å². The number of carbonyl (C=O) groups is 4. The van der Waals surface area contributed by atoms with Crippen molar-refractivity contribution in [3.8, 4) is 11.5 Å². The van der Waals surface area contributed by atoms with Gasteiger partial charge < -0.3 is 38.6 Å². The van der Waals surface area contributed by atoms with Crippen LogP contribution in [0.25, 0.3) is 0 Å². The molecule has 13 nitrogen and oxygen atoms in total. The molecular weight excluding hydrogens is 646 g/mol. The van der Waals surface area contributed by atoms with Crippen molar-refractivity contribution in [3.63, 3.8) is 0 Å². The molecular formula is C37H53N3O10. The van der Waals surface area contributed by atoms with Crippen LogP contribution in [0.2, 0.25) is 0 Å². The number of hydrogen-bond acceptors (Lipinski definition) is 10. The lowest BCUT2D eigenvalue weighted by Crippen LogP contribution is -2.47. The molecule has 276 valence electrons. The highest BCUT2D eigenvalue weighted by Gasteiger charge is 2.30. The average molecular weight is 700 g/mol. The Hall–Kier alpha value is -4.36. The zero-order valence-electron chi connectivity index (χ0n) is 30.3. The smallest absolute Gasteiger partial charge is 0.411 e. The summed E-state index contributed by atoms with van der Waals surface area (Å²) in [6.45, 7) is 10.2. The first-order chi connectivity index (χ1) is 23.9. The molecule has 13 heteroatoms. The number of nitrogens with one attached hydrogen (secondary N) is 1. The van der Waals surface area contributed by atoms with Gasteiger partial charge >= 0.3 is 12.1 Å². The number of hydrogen-bond donors (Lipinski definition) is 1. The molecule has 0 aliphatic carbocycles. The summed E-state index contributed by atoms with van der Waals surface area (Å²) in [5.41, 5.74) is 1.48. The van der Waals surface area contributed by atoms with Crippen molar-refractivity contribution in [2.75, 3.05) is 73.4 Å². The van der Waals surface area contributed by atoms with Gasteiger partial charge in [0.05, 0.1) is 60.2 Å². The summed E-state index contributed by atoms with van der Waals surface area (Å²) in [6.07, 6.45) is 1.25. The number of methoxy groups -OCH3 is 2. The van der Waals surface area contributed by atoms with Crippen LogP contribution >= 0.6 is 0 Å². The van der Waals surface area contributed by atoms with Gasteiger partial charge in [-0.3, -0.25) is 19.3 Å². The van der Waals surface area contributed by atoms with Gasteiger partial charge in [0.2, 0.25) is 5.91 Å². The van der Waals surface area contributed by atoms with Gasteiger partial charge in [-0.25, -0.2) is 4.79 Å². The van der Waals surface area contributed by atoms with E-state index in [1.54, 1.807) is 51.0 Å². The van der Waals surface area contributed by atoms with Crippen molar-refractivity contribution >= 4 is 23.9 Å². The number of ether oxygens (including phenoxy) is 6. The van der Waals surface area contributed by atoms with Crippen molar-refractivity contribution < 1.29 is 47.6 Å². The highest BCUT2D eigenvalue weighted by atomic mass is 16.6. The number of rotatable bonds is 18. The Morgan fingerprint density at radius 3 is 2.44 bits per heavy atom. The monoisotopic (exact) mass is 699 g/mol. The normalized spacial score (nSPS) is 14.4. The van der Waals surface area contributed by atoms with E-state index in [9.17, 15) is 19.2 Å². The molecule has 0 bridgehead atoms. The fraction of sp³-hybridized carbons (Fsp3) is 0.568. The van der Waals surface area contributed by atoms with Crippen molar-refractivity contribution in [3.05, 3.63) is 59.2 Å². The van der Waals surface area contributed by atoms with Crippen LogP contribution < -0.4 is 14.8 Å². The molecule has 0 saturated carbocycles. The molecule has 1 aliphatic rings. The second-order valence-electron chi connectivity index (χ2n) is 12.9. The maximum atomic E-state index is 13.7. The zero-order valence-corrected chi connectivity index (χ0v) is 30.3. The van der Waals surface area contributed by atoms with E-state index >= 15 is 0 Å². The highest BCUT2D eigenvalue weighted by Crippen LogP contribution is 2.29. The summed E-state index contributed by atoms with van der Waals surface area (Å²) >= 11 is 0. The van der Waals surface area contributed by atoms with Crippen LogP contribution in [0.15, 0.2) is 42.5 Å². The van der Waals surface area contributed by atoms with E-state index in [1.165, 1.54) is 12.0 Å². The van der Waals surface area contributed by atoms with Gasteiger partial charge in [0.25, 0.3) is 5.91 Å². The van der Waals surface area contributed by atoms with E-state index < -0.39 is 11.7 Å². The van der Waals surface area contributed by atoms with Crippen LogP contribution in [0.4, 0.5) is 4.79 Å². The van der Waals surface area contributed by atoms with E-state index in [1.807, 2.05) is 31.2 Å². The second kappa shape index (κ2) is 20.3. The van der Waals surface area contributed by atoms with E-state index in [0.29, 0.717) is 63.1 Å². The number of esters is 1. The van der Waals surface area contributed by atoms with Crippen LogP contribution in [0.5, 0.6) is 11.5 Å². The Kier molecular flexibility index (Phi) is 16.3. The third-order valence-electron chi connectivity index (χ3n) is 7.89. The number of carbonyl (C=O) groups excluding carboxylic acids is 4. The van der Waals surface area contributed by atoms with Crippen LogP contribution in [-0.2, 0) is 35.1 Å². The molecule has 0 spiro atoms. The molecule has 0 aromatic heterocycles. The van der Waals surface area contributed by atoms with Crippen molar-refractivity contribution in [2.24, 2.45) is 0 Å². The van der Waals surface area contributed by atoms with E-state index in [4.69, 9.17) is 23.7 Å². The summed E-state index contributed by atoms with van der Waals surface area (Å²) in [4.78, 5) is 54.3. The number of amides is 3. The maximum Gasteiger partial charge on any atom is 0.411 e. The Balaban J connectivity index is 1.58. The predicted octanol–water partition coefficient (Wildman–Crippen LogP) is 4.56. The summed E-state index contributed by atoms with van der Waals surface area (Å²) in [6, 6.07) is 12.8. The largest absolute Gasteiger partial charge is 0.497 e. The third-order valence-corrected chi connectivity index (χ3v) is 7.89. The SMILES string of the molecule is CCOc1cc(OC)ccc1CN(CC(=O)N1CCCC(c2cccc(C(=O)NCCOCCOCCC(=O)OC)c2)C1)C(=O)OC(C)(C)C. The van der Waals surface area contributed by atoms with Gasteiger partial charge in [-0.2, -0.15) is 0 Å². The standard InChI is InChI=1S/C37H53N3O10/c1-7-49-32-23-31(45-5)14-13-30(32)25-40(36(44)50-37(2,3)4)26-33(41)39-17-9-12-29(24-39)27-10-8-11-28(22-27)35(43)38-16-19-48-21-20-47-18-15-34(42)46-6/h8,10-11,13-14,22-23,29H,7,9,12,15-21,24-26H2,1-6H3,(H,38,43). The summed E-state index contributed by atoms with van der Waals surface area (Å²) < 4.78 is 32.2. The minimum absolute atomic E-state index is 0.0316. The van der Waals surface area contributed by atoms with E-state index in [-0.39, 0.29) is 49.8 Å². The molecule has 1 N–H and O–H groups in total. The fourth-order valence-corrected chi connectivity index (χ4v) is 5.39.